The lowest BCUT2D eigenvalue weighted by atomic mass is 10.0. The minimum absolute atomic E-state index is 0.0229. The van der Waals surface area contributed by atoms with Crippen LogP contribution in [-0.4, -0.2) is 57.8 Å². The van der Waals surface area contributed by atoms with Gasteiger partial charge in [-0.1, -0.05) is 19.9 Å². The van der Waals surface area contributed by atoms with Crippen molar-refractivity contribution in [2.75, 3.05) is 26.3 Å². The molecule has 8 nitrogen and oxygen atoms in total. The molecular weight excluding hydrogens is 426 g/mol. The molecule has 2 unspecified atom stereocenters. The van der Waals surface area contributed by atoms with E-state index >= 15 is 0 Å². The van der Waals surface area contributed by atoms with Gasteiger partial charge in [0.05, 0.1) is 18.6 Å². The van der Waals surface area contributed by atoms with Gasteiger partial charge in [-0.25, -0.2) is 0 Å². The predicted molar refractivity (Wildman–Crippen MR) is 122 cm³/mol. The Labute approximate surface area is 193 Å². The van der Waals surface area contributed by atoms with E-state index in [0.717, 1.165) is 30.9 Å². The summed E-state index contributed by atoms with van der Waals surface area (Å²) >= 11 is 1.74. The maximum Gasteiger partial charge on any atom is 0.226 e. The molecule has 2 aromatic heterocycles. The molecule has 2 atom stereocenters. The second-order valence-electron chi connectivity index (χ2n) is 8.98. The summed E-state index contributed by atoms with van der Waals surface area (Å²) in [6, 6.07) is 3.97. The molecule has 0 spiro atoms. The van der Waals surface area contributed by atoms with E-state index in [4.69, 9.17) is 4.74 Å². The molecule has 0 aromatic carbocycles. The summed E-state index contributed by atoms with van der Waals surface area (Å²) in [5, 5.41) is 14.1. The highest BCUT2D eigenvalue weighted by Crippen LogP contribution is 2.24. The Kier molecular flexibility index (Phi) is 7.57. The molecular formula is C23H33N5O3S. The highest BCUT2D eigenvalue weighted by molar-refractivity contribution is 7.09. The van der Waals surface area contributed by atoms with Gasteiger partial charge in [-0.05, 0) is 36.6 Å². The molecule has 4 rings (SSSR count). The molecule has 1 saturated heterocycles. The van der Waals surface area contributed by atoms with E-state index in [1.807, 2.05) is 4.90 Å². The van der Waals surface area contributed by atoms with E-state index in [1.165, 1.54) is 4.88 Å². The van der Waals surface area contributed by atoms with Gasteiger partial charge in [-0.2, -0.15) is 0 Å². The first-order valence-corrected chi connectivity index (χ1v) is 12.5. The van der Waals surface area contributed by atoms with Gasteiger partial charge in [0.2, 0.25) is 11.8 Å². The van der Waals surface area contributed by atoms with Gasteiger partial charge in [0.1, 0.15) is 5.82 Å². The van der Waals surface area contributed by atoms with Crippen molar-refractivity contribution in [2.24, 2.45) is 11.8 Å². The monoisotopic (exact) mass is 459 g/mol. The molecule has 2 aliphatic heterocycles. The largest absolute Gasteiger partial charge is 0.381 e. The third kappa shape index (κ3) is 5.38. The number of carbonyl (C=O) groups excluding carboxylic acids is 2. The zero-order valence-electron chi connectivity index (χ0n) is 19.0. The van der Waals surface area contributed by atoms with Crippen LogP contribution in [0.5, 0.6) is 0 Å². The summed E-state index contributed by atoms with van der Waals surface area (Å²) in [7, 11) is 0. The summed E-state index contributed by atoms with van der Waals surface area (Å²) in [6.45, 7) is 7.24. The van der Waals surface area contributed by atoms with Crippen LogP contribution in [0.25, 0.3) is 0 Å². The van der Waals surface area contributed by atoms with E-state index in [9.17, 15) is 9.59 Å². The van der Waals surface area contributed by atoms with Gasteiger partial charge >= 0.3 is 0 Å². The van der Waals surface area contributed by atoms with Crippen LogP contribution in [-0.2, 0) is 33.7 Å². The van der Waals surface area contributed by atoms with Crippen molar-refractivity contribution in [3.05, 3.63) is 34.0 Å². The molecule has 2 amide bonds. The Morgan fingerprint density at radius 3 is 2.88 bits per heavy atom. The number of thiophene rings is 1. The zero-order chi connectivity index (χ0) is 22.5. The molecule has 1 fully saturated rings. The Balaban J connectivity index is 1.37. The summed E-state index contributed by atoms with van der Waals surface area (Å²) < 4.78 is 7.48. The number of ether oxygens (including phenoxy) is 1. The first kappa shape index (κ1) is 22.9. The summed E-state index contributed by atoms with van der Waals surface area (Å²) in [5.41, 5.74) is 0. The number of hydrogen-bond donors (Lipinski definition) is 1. The average molecular weight is 460 g/mol. The molecule has 0 bridgehead atoms. The Morgan fingerprint density at radius 2 is 2.16 bits per heavy atom. The lowest BCUT2D eigenvalue weighted by Gasteiger charge is -2.24. The fourth-order valence-electron chi connectivity index (χ4n) is 4.39. The van der Waals surface area contributed by atoms with Crippen molar-refractivity contribution >= 4 is 23.2 Å². The fraction of sp³-hybridized carbons (Fsp3) is 0.652. The SMILES string of the molecule is CC(C)C(NC(=O)C1CCOC1)c1nnc2n1CCN(C(=O)CCCc1cccs1)CC2. The first-order valence-electron chi connectivity index (χ1n) is 11.6. The number of carbonyl (C=O) groups is 2. The summed E-state index contributed by atoms with van der Waals surface area (Å²) in [4.78, 5) is 28.8. The third-order valence-corrected chi connectivity index (χ3v) is 7.28. The molecule has 2 aliphatic rings. The lowest BCUT2D eigenvalue weighted by Crippen LogP contribution is -2.38. The van der Waals surface area contributed by atoms with Crippen molar-refractivity contribution < 1.29 is 14.3 Å². The second kappa shape index (κ2) is 10.6. The average Bonchev–Trinajstić information content (AvgIpc) is 3.53. The molecule has 0 aliphatic carbocycles. The van der Waals surface area contributed by atoms with E-state index < -0.39 is 0 Å². The number of rotatable bonds is 8. The van der Waals surface area contributed by atoms with Gasteiger partial charge in [0.15, 0.2) is 5.82 Å². The molecule has 32 heavy (non-hydrogen) atoms. The molecule has 4 heterocycles. The van der Waals surface area contributed by atoms with Crippen LogP contribution in [0.3, 0.4) is 0 Å². The Bertz CT molecular complexity index is 905. The number of amides is 2. The quantitative estimate of drug-likeness (QED) is 0.655. The van der Waals surface area contributed by atoms with Crippen LogP contribution >= 0.6 is 11.3 Å². The maximum absolute atomic E-state index is 12.8. The topological polar surface area (TPSA) is 89.3 Å². The highest BCUT2D eigenvalue weighted by atomic mass is 32.1. The van der Waals surface area contributed by atoms with Crippen LogP contribution in [0.1, 0.15) is 55.7 Å². The van der Waals surface area contributed by atoms with E-state index in [-0.39, 0.29) is 29.7 Å². The van der Waals surface area contributed by atoms with Gasteiger partial charge in [0, 0.05) is 44.0 Å². The van der Waals surface area contributed by atoms with Gasteiger partial charge < -0.3 is 19.5 Å². The van der Waals surface area contributed by atoms with E-state index in [0.29, 0.717) is 45.7 Å². The summed E-state index contributed by atoms with van der Waals surface area (Å²) in [5.74, 6) is 1.98. The number of aryl methyl sites for hydroxylation is 1. The second-order valence-corrected chi connectivity index (χ2v) is 10.0. The number of nitrogens with one attached hydrogen (secondary N) is 1. The molecule has 174 valence electrons. The van der Waals surface area contributed by atoms with E-state index in [1.54, 1.807) is 11.3 Å². The number of nitrogens with zero attached hydrogens (tertiary/aromatic N) is 4. The molecule has 0 radical (unpaired) electrons. The van der Waals surface area contributed by atoms with Gasteiger partial charge in [-0.15, -0.1) is 21.5 Å². The minimum Gasteiger partial charge on any atom is -0.381 e. The van der Waals surface area contributed by atoms with Crippen LogP contribution in [0.2, 0.25) is 0 Å². The van der Waals surface area contributed by atoms with Crippen molar-refractivity contribution in [3.63, 3.8) is 0 Å². The van der Waals surface area contributed by atoms with Gasteiger partial charge in [0.25, 0.3) is 0 Å². The molecule has 9 heteroatoms. The predicted octanol–water partition coefficient (Wildman–Crippen LogP) is 2.60. The minimum atomic E-state index is -0.211. The van der Waals surface area contributed by atoms with Gasteiger partial charge in [-0.3, -0.25) is 9.59 Å². The smallest absolute Gasteiger partial charge is 0.226 e. The highest BCUT2D eigenvalue weighted by Gasteiger charge is 2.31. The van der Waals surface area contributed by atoms with Crippen molar-refractivity contribution in [1.82, 2.24) is 25.0 Å². The molecule has 2 aromatic rings. The first-order chi connectivity index (χ1) is 15.5. The zero-order valence-corrected chi connectivity index (χ0v) is 19.8. The Hall–Kier alpha value is -2.26. The number of hydrogen-bond acceptors (Lipinski definition) is 6. The molecule has 1 N–H and O–H groups in total. The lowest BCUT2D eigenvalue weighted by molar-refractivity contribution is -0.131. The number of fused-ring (bicyclic) bond motifs is 1. The third-order valence-electron chi connectivity index (χ3n) is 6.34. The fourth-order valence-corrected chi connectivity index (χ4v) is 5.14. The summed E-state index contributed by atoms with van der Waals surface area (Å²) in [6.07, 6.45) is 3.84. The molecule has 0 saturated carbocycles. The number of aromatic nitrogens is 3. The van der Waals surface area contributed by atoms with Crippen LogP contribution in [0.4, 0.5) is 0 Å². The van der Waals surface area contributed by atoms with Crippen LogP contribution < -0.4 is 5.32 Å². The van der Waals surface area contributed by atoms with Crippen molar-refractivity contribution in [2.45, 2.75) is 58.5 Å². The van der Waals surface area contributed by atoms with Crippen molar-refractivity contribution in [3.8, 4) is 0 Å². The van der Waals surface area contributed by atoms with Crippen LogP contribution in [0.15, 0.2) is 17.5 Å². The van der Waals surface area contributed by atoms with Crippen LogP contribution in [0, 0.1) is 11.8 Å². The van der Waals surface area contributed by atoms with E-state index in [2.05, 4.69) is 51.4 Å². The normalized spacial score (nSPS) is 19.6. The standard InChI is InChI=1S/C23H33N5O3S/c1-16(2)21(24-23(30)17-9-13-31-15-17)22-26-25-19-8-10-27(11-12-28(19)22)20(29)7-3-5-18-6-4-14-32-18/h4,6,14,16-17,21H,3,5,7-13,15H2,1-2H3,(H,24,30). The maximum atomic E-state index is 12.8. The van der Waals surface area contributed by atoms with Crippen molar-refractivity contribution in [1.29, 1.82) is 0 Å². The Morgan fingerprint density at radius 1 is 1.28 bits per heavy atom.